The number of rotatable bonds is 9. The minimum absolute atomic E-state index is 0.197. The first-order valence-electron chi connectivity index (χ1n) is 11.1. The first-order valence-corrected chi connectivity index (χ1v) is 11.9. The van der Waals surface area contributed by atoms with Gasteiger partial charge in [0.1, 0.15) is 11.6 Å². The van der Waals surface area contributed by atoms with Crippen LogP contribution < -0.4 is 10.9 Å². The number of ether oxygens (including phenoxy) is 2. The lowest BCUT2D eigenvalue weighted by Gasteiger charge is -2.12. The van der Waals surface area contributed by atoms with E-state index in [4.69, 9.17) is 9.47 Å². The second kappa shape index (κ2) is 11.0. The van der Waals surface area contributed by atoms with Crippen LogP contribution >= 0.6 is 11.3 Å². The molecule has 0 spiro atoms. The third kappa shape index (κ3) is 5.79. The normalized spacial score (nSPS) is 10.9. The Morgan fingerprint density at radius 1 is 1.09 bits per heavy atom. The molecule has 0 radical (unpaired) electrons. The predicted molar refractivity (Wildman–Crippen MR) is 132 cm³/mol. The van der Waals surface area contributed by atoms with Crippen LogP contribution in [-0.4, -0.2) is 39.7 Å². The lowest BCUT2D eigenvalue weighted by Crippen LogP contribution is -2.18. The van der Waals surface area contributed by atoms with E-state index in [1.54, 1.807) is 36.4 Å². The molecule has 0 saturated heterocycles. The number of para-hydroxylation sites is 1. The number of benzene rings is 2. The van der Waals surface area contributed by atoms with Crippen molar-refractivity contribution in [3.8, 4) is 0 Å². The zero-order valence-electron chi connectivity index (χ0n) is 19.3. The van der Waals surface area contributed by atoms with Crippen LogP contribution in [0.3, 0.4) is 0 Å². The number of aryl methyl sites for hydroxylation is 1. The number of fused-ring (bicyclic) bond motifs is 1. The van der Waals surface area contributed by atoms with Gasteiger partial charge in [-0.05, 0) is 37.6 Å². The molecule has 0 saturated carbocycles. The van der Waals surface area contributed by atoms with Gasteiger partial charge < -0.3 is 14.8 Å². The molecule has 10 heteroatoms. The monoisotopic (exact) mass is 492 g/mol. The molecular formula is C25H24N4O5S. The summed E-state index contributed by atoms with van der Waals surface area (Å²) in [6.07, 6.45) is 0.580. The molecule has 0 fully saturated rings. The molecule has 0 aliphatic rings. The highest BCUT2D eigenvalue weighted by molar-refractivity contribution is 7.16. The molecule has 0 unspecified atom stereocenters. The maximum absolute atomic E-state index is 12.8. The van der Waals surface area contributed by atoms with Crippen molar-refractivity contribution in [3.63, 3.8) is 0 Å². The second-order valence-corrected chi connectivity index (χ2v) is 8.65. The van der Waals surface area contributed by atoms with E-state index in [-0.39, 0.29) is 23.6 Å². The molecule has 4 rings (SSSR count). The number of aromatic nitrogens is 3. The summed E-state index contributed by atoms with van der Waals surface area (Å²) < 4.78 is 12.0. The van der Waals surface area contributed by atoms with Crippen LogP contribution in [-0.2, 0) is 22.5 Å². The molecule has 1 amide bonds. The topological polar surface area (TPSA) is 112 Å². The Hall–Kier alpha value is -3.89. The van der Waals surface area contributed by atoms with Gasteiger partial charge in [0.2, 0.25) is 4.96 Å². The summed E-state index contributed by atoms with van der Waals surface area (Å²) >= 11 is 1.29. The standard InChI is InChI=1S/C25H24N4O5S/c1-3-33-13-12-21-28-29-22(30)14-17(26-25(29)35-21)15-34-24(32)19-10-6-7-11-20(19)27-23(31)18-9-5-4-8-16(18)2/h4-11,14H,3,12-13,15H2,1-2H3,(H,27,31). The van der Waals surface area contributed by atoms with Crippen LogP contribution in [0.15, 0.2) is 59.4 Å². The largest absolute Gasteiger partial charge is 0.456 e. The van der Waals surface area contributed by atoms with Crippen LogP contribution in [0.1, 0.15) is 43.9 Å². The van der Waals surface area contributed by atoms with Gasteiger partial charge >= 0.3 is 5.97 Å². The van der Waals surface area contributed by atoms with Gasteiger partial charge in [0.15, 0.2) is 0 Å². The summed E-state index contributed by atoms with van der Waals surface area (Å²) in [5.41, 5.74) is 1.82. The highest BCUT2D eigenvalue weighted by atomic mass is 32.1. The zero-order chi connectivity index (χ0) is 24.8. The van der Waals surface area contributed by atoms with E-state index in [0.717, 1.165) is 10.6 Å². The number of esters is 1. The Balaban J connectivity index is 1.46. The van der Waals surface area contributed by atoms with Crippen molar-refractivity contribution in [3.05, 3.63) is 92.3 Å². The number of hydrogen-bond acceptors (Lipinski definition) is 8. The smallest absolute Gasteiger partial charge is 0.340 e. The molecule has 0 bridgehead atoms. The van der Waals surface area contributed by atoms with Crippen LogP contribution in [0.25, 0.3) is 4.96 Å². The number of carbonyl (C=O) groups is 2. The van der Waals surface area contributed by atoms with Gasteiger partial charge in [-0.15, -0.1) is 0 Å². The van der Waals surface area contributed by atoms with Crippen molar-refractivity contribution in [2.45, 2.75) is 26.9 Å². The highest BCUT2D eigenvalue weighted by Crippen LogP contribution is 2.19. The first-order chi connectivity index (χ1) is 17.0. The summed E-state index contributed by atoms with van der Waals surface area (Å²) in [6.45, 7) is 4.67. The van der Waals surface area contributed by atoms with E-state index in [9.17, 15) is 14.4 Å². The van der Waals surface area contributed by atoms with E-state index >= 15 is 0 Å². The molecule has 0 aliphatic carbocycles. The molecule has 2 aromatic heterocycles. The average Bonchev–Trinajstić information content (AvgIpc) is 3.27. The van der Waals surface area contributed by atoms with Crippen LogP contribution in [0.4, 0.5) is 5.69 Å². The van der Waals surface area contributed by atoms with E-state index in [0.29, 0.717) is 41.5 Å². The van der Waals surface area contributed by atoms with Crippen molar-refractivity contribution >= 4 is 33.9 Å². The molecule has 4 aromatic rings. The van der Waals surface area contributed by atoms with Crippen molar-refractivity contribution in [1.82, 2.24) is 14.6 Å². The van der Waals surface area contributed by atoms with Crippen LogP contribution in [0.5, 0.6) is 0 Å². The Morgan fingerprint density at radius 3 is 2.60 bits per heavy atom. The summed E-state index contributed by atoms with van der Waals surface area (Å²) in [6, 6.07) is 15.1. The lowest BCUT2D eigenvalue weighted by molar-refractivity contribution is 0.0469. The van der Waals surface area contributed by atoms with Gasteiger partial charge in [-0.25, -0.2) is 9.78 Å². The fraction of sp³-hybridized carbons (Fsp3) is 0.240. The van der Waals surface area contributed by atoms with Crippen LogP contribution in [0, 0.1) is 6.92 Å². The third-order valence-electron chi connectivity index (χ3n) is 5.14. The van der Waals surface area contributed by atoms with Crippen LogP contribution in [0.2, 0.25) is 0 Å². The molecular weight excluding hydrogens is 468 g/mol. The van der Waals surface area contributed by atoms with Gasteiger partial charge in [0.05, 0.1) is 23.6 Å². The Labute approximate surface area is 205 Å². The fourth-order valence-electron chi connectivity index (χ4n) is 3.38. The molecule has 0 atom stereocenters. The van der Waals surface area contributed by atoms with E-state index in [1.165, 1.54) is 21.9 Å². The summed E-state index contributed by atoms with van der Waals surface area (Å²) in [5.74, 6) is -0.969. The van der Waals surface area contributed by atoms with Gasteiger partial charge in [-0.1, -0.05) is 41.7 Å². The molecule has 9 nitrogen and oxygen atoms in total. The van der Waals surface area contributed by atoms with Crippen molar-refractivity contribution in [2.24, 2.45) is 0 Å². The van der Waals surface area contributed by atoms with Crippen molar-refractivity contribution in [1.29, 1.82) is 0 Å². The number of nitrogens with zero attached hydrogens (tertiary/aromatic N) is 3. The van der Waals surface area contributed by atoms with Gasteiger partial charge in [-0.2, -0.15) is 9.61 Å². The number of carbonyl (C=O) groups excluding carboxylic acids is 2. The summed E-state index contributed by atoms with van der Waals surface area (Å²) in [5, 5.41) is 7.78. The van der Waals surface area contributed by atoms with Crippen molar-refractivity contribution in [2.75, 3.05) is 18.5 Å². The first kappa shape index (κ1) is 24.2. The Bertz CT molecular complexity index is 1430. The maximum atomic E-state index is 12.8. The molecule has 180 valence electrons. The number of hydrogen-bond donors (Lipinski definition) is 1. The number of anilines is 1. The molecule has 2 heterocycles. The summed E-state index contributed by atoms with van der Waals surface area (Å²) in [4.78, 5) is 42.8. The number of nitrogens with one attached hydrogen (secondary N) is 1. The highest BCUT2D eigenvalue weighted by Gasteiger charge is 2.17. The fourth-order valence-corrected chi connectivity index (χ4v) is 4.28. The van der Waals surface area contributed by atoms with Gasteiger partial charge in [0, 0.05) is 24.7 Å². The quantitative estimate of drug-likeness (QED) is 0.280. The van der Waals surface area contributed by atoms with Crippen molar-refractivity contribution < 1.29 is 19.1 Å². The average molecular weight is 493 g/mol. The number of amides is 1. The van der Waals surface area contributed by atoms with Gasteiger partial charge in [0.25, 0.3) is 11.5 Å². The molecule has 35 heavy (non-hydrogen) atoms. The Kier molecular flexibility index (Phi) is 7.64. The van der Waals surface area contributed by atoms with Gasteiger partial charge in [-0.3, -0.25) is 9.59 Å². The Morgan fingerprint density at radius 2 is 1.83 bits per heavy atom. The van der Waals surface area contributed by atoms with E-state index in [1.807, 2.05) is 26.0 Å². The lowest BCUT2D eigenvalue weighted by atomic mass is 10.1. The predicted octanol–water partition coefficient (Wildman–Crippen LogP) is 3.65. The molecule has 1 N–H and O–H groups in total. The summed E-state index contributed by atoms with van der Waals surface area (Å²) in [7, 11) is 0. The third-order valence-corrected chi connectivity index (χ3v) is 6.11. The molecule has 2 aromatic carbocycles. The minimum atomic E-state index is -0.644. The molecule has 0 aliphatic heterocycles. The second-order valence-electron chi connectivity index (χ2n) is 7.61. The maximum Gasteiger partial charge on any atom is 0.340 e. The van der Waals surface area contributed by atoms with E-state index < -0.39 is 5.97 Å². The van der Waals surface area contributed by atoms with E-state index in [2.05, 4.69) is 15.4 Å². The SMILES string of the molecule is CCOCCc1nn2c(=O)cc(COC(=O)c3ccccc3NC(=O)c3ccccc3C)nc2s1. The minimum Gasteiger partial charge on any atom is -0.456 e. The zero-order valence-corrected chi connectivity index (χ0v) is 20.1.